The van der Waals surface area contributed by atoms with Crippen LogP contribution in [0.1, 0.15) is 58.8 Å². The van der Waals surface area contributed by atoms with Gasteiger partial charge in [0.2, 0.25) is 0 Å². The first-order chi connectivity index (χ1) is 11.2. The second kappa shape index (κ2) is 7.42. The van der Waals surface area contributed by atoms with Crippen molar-refractivity contribution in [3.8, 4) is 0 Å². The van der Waals surface area contributed by atoms with Crippen molar-refractivity contribution in [2.75, 3.05) is 0 Å². The number of hydrogen-bond donors (Lipinski definition) is 0. The lowest BCUT2D eigenvalue weighted by atomic mass is 10.0. The minimum atomic E-state index is -2.27. The summed E-state index contributed by atoms with van der Waals surface area (Å²) < 4.78 is 11.6. The van der Waals surface area contributed by atoms with E-state index >= 15 is 0 Å². The Hall–Kier alpha value is -1.46. The van der Waals surface area contributed by atoms with E-state index in [1.54, 1.807) is 20.8 Å². The zero-order chi connectivity index (χ0) is 19.6. The molecule has 0 fully saturated rings. The quantitative estimate of drug-likeness (QED) is 0.420. The summed E-state index contributed by atoms with van der Waals surface area (Å²) in [6.07, 6.45) is -0.933. The van der Waals surface area contributed by atoms with Crippen LogP contribution >= 0.6 is 0 Å². The van der Waals surface area contributed by atoms with Crippen molar-refractivity contribution in [1.29, 1.82) is 0 Å². The number of esters is 1. The van der Waals surface area contributed by atoms with Crippen LogP contribution in [0.15, 0.2) is 24.3 Å². The second-order valence-electron chi connectivity index (χ2n) is 8.98. The van der Waals surface area contributed by atoms with Gasteiger partial charge < -0.3 is 9.16 Å². The van der Waals surface area contributed by atoms with Gasteiger partial charge >= 0.3 is 5.97 Å². The molecular formula is C20H32O4Si. The molecule has 4 nitrogen and oxygen atoms in total. The van der Waals surface area contributed by atoms with E-state index in [0.717, 1.165) is 11.1 Å². The maximum absolute atomic E-state index is 12.9. The molecule has 1 rings (SSSR count). The third-order valence-electron chi connectivity index (χ3n) is 4.53. The smallest absolute Gasteiger partial charge is 0.378 e. The van der Waals surface area contributed by atoms with E-state index in [0.29, 0.717) is 0 Å². The standard InChI is InChI=1S/C20H32O4Si/c1-14-12-10-11-13-15(14)17(24-25(8,9)20(5,6)7)16(21)18(22)23-19(2,3)4/h10-13,17H,1-9H3. The van der Waals surface area contributed by atoms with Gasteiger partial charge in [-0.25, -0.2) is 4.79 Å². The Bertz CT molecular complexity index is 636. The van der Waals surface area contributed by atoms with Crippen LogP contribution in [-0.4, -0.2) is 25.7 Å². The molecule has 0 radical (unpaired) electrons. The number of aryl methyl sites for hydroxylation is 1. The molecule has 0 saturated heterocycles. The van der Waals surface area contributed by atoms with Crippen LogP contribution in [-0.2, 0) is 18.8 Å². The highest BCUT2D eigenvalue weighted by Crippen LogP contribution is 2.40. The minimum Gasteiger partial charge on any atom is -0.454 e. The van der Waals surface area contributed by atoms with Gasteiger partial charge in [0.15, 0.2) is 8.32 Å². The summed E-state index contributed by atoms with van der Waals surface area (Å²) >= 11 is 0. The summed E-state index contributed by atoms with van der Waals surface area (Å²) in [5, 5.41) is -0.0812. The Morgan fingerprint density at radius 2 is 1.52 bits per heavy atom. The molecule has 140 valence electrons. The van der Waals surface area contributed by atoms with Crippen molar-refractivity contribution < 1.29 is 18.8 Å². The van der Waals surface area contributed by atoms with E-state index in [2.05, 4.69) is 33.9 Å². The predicted molar refractivity (Wildman–Crippen MR) is 103 cm³/mol. The monoisotopic (exact) mass is 364 g/mol. The fourth-order valence-corrected chi connectivity index (χ4v) is 3.22. The fraction of sp³-hybridized carbons (Fsp3) is 0.600. The number of Topliss-reactive ketones (excluding diaryl/α,β-unsaturated/α-hetero) is 1. The fourth-order valence-electron chi connectivity index (χ4n) is 2.05. The molecule has 0 aliphatic rings. The van der Waals surface area contributed by atoms with Gasteiger partial charge in [-0.1, -0.05) is 45.0 Å². The molecule has 1 aromatic rings. The van der Waals surface area contributed by atoms with Gasteiger partial charge in [-0.05, 0) is 57.0 Å². The molecule has 0 saturated carbocycles. The number of carbonyl (C=O) groups is 2. The van der Waals surface area contributed by atoms with E-state index in [9.17, 15) is 9.59 Å². The highest BCUT2D eigenvalue weighted by Gasteiger charge is 2.43. The summed E-state index contributed by atoms with van der Waals surface area (Å²) in [4.78, 5) is 25.3. The molecule has 0 N–H and O–H groups in total. The van der Waals surface area contributed by atoms with Crippen LogP contribution in [0.4, 0.5) is 0 Å². The lowest BCUT2D eigenvalue weighted by Crippen LogP contribution is -2.45. The van der Waals surface area contributed by atoms with Crippen LogP contribution in [0.2, 0.25) is 18.1 Å². The number of hydrogen-bond acceptors (Lipinski definition) is 4. The van der Waals surface area contributed by atoms with Crippen LogP contribution < -0.4 is 0 Å². The van der Waals surface area contributed by atoms with Crippen LogP contribution in [0, 0.1) is 6.92 Å². The largest absolute Gasteiger partial charge is 0.454 e. The second-order valence-corrected chi connectivity index (χ2v) is 13.7. The van der Waals surface area contributed by atoms with Crippen molar-refractivity contribution in [2.45, 2.75) is 78.3 Å². The molecule has 5 heteroatoms. The van der Waals surface area contributed by atoms with Crippen LogP contribution in [0.25, 0.3) is 0 Å². The molecule has 25 heavy (non-hydrogen) atoms. The summed E-state index contributed by atoms with van der Waals surface area (Å²) in [7, 11) is -2.27. The van der Waals surface area contributed by atoms with Crippen molar-refractivity contribution in [1.82, 2.24) is 0 Å². The summed E-state index contributed by atoms with van der Waals surface area (Å²) in [6, 6.07) is 7.52. The number of ketones is 1. The lowest BCUT2D eigenvalue weighted by Gasteiger charge is -2.39. The molecule has 0 amide bonds. The maximum atomic E-state index is 12.9. The Kier molecular flexibility index (Phi) is 6.40. The molecule has 0 aromatic heterocycles. The molecule has 0 aliphatic carbocycles. The highest BCUT2D eigenvalue weighted by molar-refractivity contribution is 6.74. The molecule has 0 aliphatic heterocycles. The lowest BCUT2D eigenvalue weighted by molar-refractivity contribution is -0.165. The molecule has 0 heterocycles. The van der Waals surface area contributed by atoms with Crippen molar-refractivity contribution in [2.24, 2.45) is 0 Å². The molecule has 1 unspecified atom stereocenters. The normalized spacial score (nSPS) is 14.1. The molecule has 1 aromatic carbocycles. The van der Waals surface area contributed by atoms with Gasteiger partial charge in [-0.15, -0.1) is 0 Å². The van der Waals surface area contributed by atoms with E-state index in [1.807, 2.05) is 31.2 Å². The minimum absolute atomic E-state index is 0.0812. The average Bonchev–Trinajstić information content (AvgIpc) is 2.41. The van der Waals surface area contributed by atoms with Gasteiger partial charge in [-0.2, -0.15) is 0 Å². The van der Waals surface area contributed by atoms with Crippen LogP contribution in [0.3, 0.4) is 0 Å². The first-order valence-corrected chi connectivity index (χ1v) is 11.6. The van der Waals surface area contributed by atoms with Crippen molar-refractivity contribution >= 4 is 20.1 Å². The first kappa shape index (κ1) is 21.6. The van der Waals surface area contributed by atoms with E-state index in [1.165, 1.54) is 0 Å². The number of ether oxygens (including phenoxy) is 1. The zero-order valence-electron chi connectivity index (χ0n) is 17.0. The third kappa shape index (κ3) is 5.78. The summed E-state index contributed by atoms with van der Waals surface area (Å²) in [6.45, 7) is 17.6. The Morgan fingerprint density at radius 1 is 1.00 bits per heavy atom. The van der Waals surface area contributed by atoms with Crippen molar-refractivity contribution in [3.63, 3.8) is 0 Å². The molecule has 1 atom stereocenters. The Morgan fingerprint density at radius 3 is 1.96 bits per heavy atom. The van der Waals surface area contributed by atoms with Gasteiger partial charge in [0.25, 0.3) is 5.78 Å². The number of rotatable bonds is 5. The topological polar surface area (TPSA) is 52.6 Å². The Balaban J connectivity index is 3.28. The van der Waals surface area contributed by atoms with Gasteiger partial charge in [0.1, 0.15) is 11.7 Å². The third-order valence-corrected chi connectivity index (χ3v) is 8.97. The molecule has 0 spiro atoms. The van der Waals surface area contributed by atoms with Crippen molar-refractivity contribution in [3.05, 3.63) is 35.4 Å². The summed E-state index contributed by atoms with van der Waals surface area (Å²) in [5.74, 6) is -1.49. The van der Waals surface area contributed by atoms with Gasteiger partial charge in [0, 0.05) is 0 Å². The number of carbonyl (C=O) groups excluding carboxylic acids is 2. The van der Waals surface area contributed by atoms with E-state index < -0.39 is 31.8 Å². The van der Waals surface area contributed by atoms with E-state index in [-0.39, 0.29) is 5.04 Å². The SMILES string of the molecule is Cc1ccccc1C(O[Si](C)(C)C(C)(C)C)C(=O)C(=O)OC(C)(C)C. The van der Waals surface area contributed by atoms with E-state index in [4.69, 9.17) is 9.16 Å². The molecular weight excluding hydrogens is 332 g/mol. The van der Waals surface area contributed by atoms with Gasteiger partial charge in [0.05, 0.1) is 0 Å². The van der Waals surface area contributed by atoms with Gasteiger partial charge in [-0.3, -0.25) is 4.79 Å². The maximum Gasteiger partial charge on any atom is 0.378 e. The highest BCUT2D eigenvalue weighted by atomic mass is 28.4. The van der Waals surface area contributed by atoms with Crippen LogP contribution in [0.5, 0.6) is 0 Å². The average molecular weight is 365 g/mol. The summed E-state index contributed by atoms with van der Waals surface area (Å²) in [5.41, 5.74) is 0.923. The zero-order valence-corrected chi connectivity index (χ0v) is 18.0. The molecule has 0 bridgehead atoms. The predicted octanol–water partition coefficient (Wildman–Crippen LogP) is 4.97. The Labute approximate surface area is 153 Å². The number of benzene rings is 1. The first-order valence-electron chi connectivity index (χ1n) is 8.66.